The van der Waals surface area contributed by atoms with Crippen LogP contribution in [0.2, 0.25) is 0 Å². The van der Waals surface area contributed by atoms with Crippen LogP contribution in [-0.4, -0.2) is 64.8 Å². The van der Waals surface area contributed by atoms with Crippen molar-refractivity contribution >= 4 is 17.9 Å². The number of aliphatic carboxylic acids is 1. The van der Waals surface area contributed by atoms with Gasteiger partial charge in [0.15, 0.2) is 0 Å². The van der Waals surface area contributed by atoms with Crippen molar-refractivity contribution in [1.82, 2.24) is 0 Å². The Labute approximate surface area is 164 Å². The Morgan fingerprint density at radius 3 is 1.79 bits per heavy atom. The first-order valence-electron chi connectivity index (χ1n) is 8.60. The summed E-state index contributed by atoms with van der Waals surface area (Å²) < 4.78 is 9.92. The van der Waals surface area contributed by atoms with E-state index in [0.717, 1.165) is 0 Å². The molecule has 4 N–H and O–H groups in total. The van der Waals surface area contributed by atoms with Gasteiger partial charge in [0.1, 0.15) is 12.4 Å². The van der Waals surface area contributed by atoms with Crippen molar-refractivity contribution in [2.45, 2.75) is 39.5 Å². The van der Waals surface area contributed by atoms with Crippen LogP contribution in [0, 0.1) is 0 Å². The SMILES string of the molecule is C=C(C)C(=O)O.C=C(CCCO)C(=O)OC(CCCO)=C(C)C(=O)OCCO. The molecule has 0 aromatic carbocycles. The lowest BCUT2D eigenvalue weighted by Gasteiger charge is -2.13. The van der Waals surface area contributed by atoms with Gasteiger partial charge in [-0.25, -0.2) is 14.4 Å². The molecule has 0 amide bonds. The van der Waals surface area contributed by atoms with Crippen molar-refractivity contribution in [1.29, 1.82) is 0 Å². The van der Waals surface area contributed by atoms with E-state index >= 15 is 0 Å². The standard InChI is InChI=1S/C15H24O7.C4H6O2/c1-11(5-3-7-16)14(19)22-13(6-4-8-17)12(2)15(20)21-10-9-18;1-3(2)4(5)6/h16-18H,1,3-10H2,2H3;1H2,2H3,(H,5,6). The maximum absolute atomic E-state index is 11.9. The summed E-state index contributed by atoms with van der Waals surface area (Å²) in [6, 6.07) is 0. The molecule has 0 aromatic heterocycles. The molecular formula is C19H30O9. The van der Waals surface area contributed by atoms with Gasteiger partial charge in [-0.15, -0.1) is 0 Å². The van der Waals surface area contributed by atoms with Crippen LogP contribution in [0.3, 0.4) is 0 Å². The topological polar surface area (TPSA) is 151 Å². The van der Waals surface area contributed by atoms with E-state index in [1.807, 2.05) is 0 Å². The first-order valence-corrected chi connectivity index (χ1v) is 8.60. The smallest absolute Gasteiger partial charge is 0.338 e. The Kier molecular flexibility index (Phi) is 16.5. The van der Waals surface area contributed by atoms with Crippen LogP contribution in [0.1, 0.15) is 39.5 Å². The number of rotatable bonds is 12. The molecular weight excluding hydrogens is 372 g/mol. The van der Waals surface area contributed by atoms with Gasteiger partial charge in [-0.3, -0.25) is 0 Å². The van der Waals surface area contributed by atoms with Gasteiger partial charge in [-0.1, -0.05) is 13.2 Å². The van der Waals surface area contributed by atoms with E-state index in [0.29, 0.717) is 12.8 Å². The van der Waals surface area contributed by atoms with Crippen LogP contribution in [0.25, 0.3) is 0 Å². The van der Waals surface area contributed by atoms with Gasteiger partial charge >= 0.3 is 17.9 Å². The number of carboxylic acids is 1. The lowest BCUT2D eigenvalue weighted by atomic mass is 10.1. The average molecular weight is 402 g/mol. The summed E-state index contributed by atoms with van der Waals surface area (Å²) in [4.78, 5) is 33.2. The Morgan fingerprint density at radius 1 is 0.857 bits per heavy atom. The minimum Gasteiger partial charge on any atom is -0.478 e. The van der Waals surface area contributed by atoms with Crippen molar-refractivity contribution in [3.63, 3.8) is 0 Å². The van der Waals surface area contributed by atoms with Crippen LogP contribution in [0.4, 0.5) is 0 Å². The second-order valence-electron chi connectivity index (χ2n) is 5.64. The highest BCUT2D eigenvalue weighted by atomic mass is 16.6. The molecule has 160 valence electrons. The Balaban J connectivity index is 0. The molecule has 0 radical (unpaired) electrons. The van der Waals surface area contributed by atoms with Gasteiger partial charge in [0.2, 0.25) is 0 Å². The highest BCUT2D eigenvalue weighted by Crippen LogP contribution is 2.17. The number of carbonyl (C=O) groups is 3. The molecule has 0 aliphatic rings. The quantitative estimate of drug-likeness (QED) is 0.214. The molecule has 0 heterocycles. The van der Waals surface area contributed by atoms with Crippen molar-refractivity contribution in [3.8, 4) is 0 Å². The number of aliphatic hydroxyl groups excluding tert-OH is 3. The lowest BCUT2D eigenvalue weighted by molar-refractivity contribution is -0.140. The Morgan fingerprint density at radius 2 is 1.36 bits per heavy atom. The fraction of sp³-hybridized carbons (Fsp3) is 0.526. The fourth-order valence-electron chi connectivity index (χ4n) is 1.49. The van der Waals surface area contributed by atoms with E-state index in [1.165, 1.54) is 13.8 Å². The summed E-state index contributed by atoms with van der Waals surface area (Å²) in [6.45, 7) is 8.98. The summed E-state index contributed by atoms with van der Waals surface area (Å²) in [6.07, 6.45) is 1.18. The molecule has 28 heavy (non-hydrogen) atoms. The van der Waals surface area contributed by atoms with E-state index in [2.05, 4.69) is 13.2 Å². The van der Waals surface area contributed by atoms with Crippen LogP contribution >= 0.6 is 0 Å². The second kappa shape index (κ2) is 16.7. The zero-order chi connectivity index (χ0) is 22.1. The van der Waals surface area contributed by atoms with E-state index < -0.39 is 17.9 Å². The van der Waals surface area contributed by atoms with E-state index in [1.54, 1.807) is 0 Å². The molecule has 0 rings (SSSR count). The number of esters is 2. The highest BCUT2D eigenvalue weighted by Gasteiger charge is 2.18. The molecule has 0 aliphatic heterocycles. The molecule has 0 saturated heterocycles. The van der Waals surface area contributed by atoms with Gasteiger partial charge in [-0.05, 0) is 33.1 Å². The van der Waals surface area contributed by atoms with Gasteiger partial charge in [0.05, 0.1) is 12.2 Å². The third kappa shape index (κ3) is 13.7. The van der Waals surface area contributed by atoms with Crippen molar-refractivity contribution in [3.05, 3.63) is 35.6 Å². The van der Waals surface area contributed by atoms with Crippen LogP contribution in [0.15, 0.2) is 35.6 Å². The average Bonchev–Trinajstić information content (AvgIpc) is 2.66. The number of aliphatic hydroxyl groups is 3. The molecule has 0 atom stereocenters. The third-order valence-corrected chi connectivity index (χ3v) is 3.12. The van der Waals surface area contributed by atoms with E-state index in [9.17, 15) is 14.4 Å². The summed E-state index contributed by atoms with van der Waals surface area (Å²) in [5.41, 5.74) is 0.465. The number of carboxylic acid groups (broad SMARTS) is 1. The molecule has 9 nitrogen and oxygen atoms in total. The number of carbonyl (C=O) groups excluding carboxylic acids is 2. The number of hydrogen-bond acceptors (Lipinski definition) is 8. The van der Waals surface area contributed by atoms with Gasteiger partial charge < -0.3 is 29.9 Å². The first kappa shape index (κ1) is 27.7. The summed E-state index contributed by atoms with van der Waals surface area (Å²) in [5, 5.41) is 34.1. The van der Waals surface area contributed by atoms with E-state index in [4.69, 9.17) is 29.9 Å². The van der Waals surface area contributed by atoms with Crippen LogP contribution < -0.4 is 0 Å². The second-order valence-corrected chi connectivity index (χ2v) is 5.64. The van der Waals surface area contributed by atoms with Crippen molar-refractivity contribution in [2.24, 2.45) is 0 Å². The minimum atomic E-state index is -0.935. The third-order valence-electron chi connectivity index (χ3n) is 3.12. The van der Waals surface area contributed by atoms with Gasteiger partial charge in [0.25, 0.3) is 0 Å². The summed E-state index contributed by atoms with van der Waals surface area (Å²) in [7, 11) is 0. The summed E-state index contributed by atoms with van der Waals surface area (Å²) in [5.74, 6) is -2.21. The predicted molar refractivity (Wildman–Crippen MR) is 101 cm³/mol. The van der Waals surface area contributed by atoms with Gasteiger partial charge in [0, 0.05) is 30.8 Å². The molecule has 0 spiro atoms. The fourth-order valence-corrected chi connectivity index (χ4v) is 1.49. The largest absolute Gasteiger partial charge is 0.478 e. The number of allylic oxidation sites excluding steroid dienone is 1. The molecule has 0 bridgehead atoms. The molecule has 0 aromatic rings. The van der Waals surface area contributed by atoms with Crippen LogP contribution in [-0.2, 0) is 23.9 Å². The summed E-state index contributed by atoms with van der Waals surface area (Å²) >= 11 is 0. The molecule has 0 fully saturated rings. The van der Waals surface area contributed by atoms with Crippen LogP contribution in [0.5, 0.6) is 0 Å². The van der Waals surface area contributed by atoms with E-state index in [-0.39, 0.29) is 61.7 Å². The Bertz CT molecular complexity index is 564. The number of hydrogen-bond donors (Lipinski definition) is 4. The molecule has 0 aliphatic carbocycles. The number of ether oxygens (including phenoxy) is 2. The van der Waals surface area contributed by atoms with Gasteiger partial charge in [-0.2, -0.15) is 0 Å². The lowest BCUT2D eigenvalue weighted by Crippen LogP contribution is -2.15. The highest BCUT2D eigenvalue weighted by molar-refractivity contribution is 5.91. The normalized spacial score (nSPS) is 10.8. The monoisotopic (exact) mass is 402 g/mol. The first-order chi connectivity index (χ1) is 13.1. The molecule has 0 saturated carbocycles. The maximum atomic E-state index is 11.9. The zero-order valence-electron chi connectivity index (χ0n) is 16.4. The van der Waals surface area contributed by atoms with Crippen molar-refractivity contribution in [2.75, 3.05) is 26.4 Å². The zero-order valence-corrected chi connectivity index (χ0v) is 16.4. The Hall–Kier alpha value is -2.49. The predicted octanol–water partition coefficient (Wildman–Crippen LogP) is 1.09. The molecule has 9 heteroatoms. The van der Waals surface area contributed by atoms with Crippen molar-refractivity contribution < 1.29 is 44.3 Å². The minimum absolute atomic E-state index is 0.0635. The maximum Gasteiger partial charge on any atom is 0.338 e. The molecule has 0 unspecified atom stereocenters.